The zero-order valence-corrected chi connectivity index (χ0v) is 10.4. The first-order valence-electron chi connectivity index (χ1n) is 5.72. The Labute approximate surface area is 96.3 Å². The van der Waals surface area contributed by atoms with E-state index in [1.165, 1.54) is 0 Å². The molecule has 0 aliphatic heterocycles. The zero-order chi connectivity index (χ0) is 12.3. The van der Waals surface area contributed by atoms with Gasteiger partial charge in [0.25, 0.3) is 0 Å². The molecule has 1 aromatic heterocycles. The number of hydrogen-bond acceptors (Lipinski definition) is 2. The van der Waals surface area contributed by atoms with Gasteiger partial charge in [-0.05, 0) is 24.3 Å². The molecule has 1 N–H and O–H groups in total. The standard InChI is InChI=1S/C12H20N2O2/c1-8(2)5-6-14-11(12(15)16)7-10(13-14)9(3)4/h7-9H,5-6H2,1-4H3,(H,15,16). The van der Waals surface area contributed by atoms with Gasteiger partial charge in [0.05, 0.1) is 5.69 Å². The first-order valence-corrected chi connectivity index (χ1v) is 5.72. The minimum Gasteiger partial charge on any atom is -0.477 e. The maximum atomic E-state index is 11.0. The average Bonchev–Trinajstić information content (AvgIpc) is 2.58. The van der Waals surface area contributed by atoms with Gasteiger partial charge in [-0.1, -0.05) is 27.7 Å². The molecule has 16 heavy (non-hydrogen) atoms. The first-order chi connectivity index (χ1) is 7.41. The third kappa shape index (κ3) is 3.08. The molecule has 0 aliphatic rings. The van der Waals surface area contributed by atoms with Gasteiger partial charge in [0.2, 0.25) is 0 Å². The maximum absolute atomic E-state index is 11.0. The fourth-order valence-corrected chi connectivity index (χ4v) is 1.44. The molecule has 0 radical (unpaired) electrons. The Balaban J connectivity index is 2.91. The molecule has 1 rings (SSSR count). The number of aryl methyl sites for hydroxylation is 1. The Morgan fingerprint density at radius 1 is 1.44 bits per heavy atom. The van der Waals surface area contributed by atoms with Crippen LogP contribution in [-0.4, -0.2) is 20.9 Å². The van der Waals surface area contributed by atoms with Crippen molar-refractivity contribution in [2.75, 3.05) is 0 Å². The van der Waals surface area contributed by atoms with Gasteiger partial charge >= 0.3 is 5.97 Å². The van der Waals surface area contributed by atoms with E-state index >= 15 is 0 Å². The van der Waals surface area contributed by atoms with Gasteiger partial charge in [0.15, 0.2) is 0 Å². The summed E-state index contributed by atoms with van der Waals surface area (Å²) in [7, 11) is 0. The normalized spacial score (nSPS) is 11.4. The third-order valence-corrected chi connectivity index (χ3v) is 2.53. The van der Waals surface area contributed by atoms with E-state index in [2.05, 4.69) is 18.9 Å². The molecule has 0 atom stereocenters. The first kappa shape index (κ1) is 12.7. The fourth-order valence-electron chi connectivity index (χ4n) is 1.44. The van der Waals surface area contributed by atoms with Crippen molar-refractivity contribution in [1.29, 1.82) is 0 Å². The summed E-state index contributed by atoms with van der Waals surface area (Å²) in [4.78, 5) is 11.0. The predicted octanol–water partition coefficient (Wildman–Crippen LogP) is 2.75. The second-order valence-electron chi connectivity index (χ2n) is 4.82. The molecule has 0 spiro atoms. The smallest absolute Gasteiger partial charge is 0.354 e. The average molecular weight is 224 g/mol. The highest BCUT2D eigenvalue weighted by Gasteiger charge is 2.15. The van der Waals surface area contributed by atoms with Gasteiger partial charge in [-0.15, -0.1) is 0 Å². The van der Waals surface area contributed by atoms with Crippen LogP contribution in [0.5, 0.6) is 0 Å². The fraction of sp³-hybridized carbons (Fsp3) is 0.667. The molecule has 0 aliphatic carbocycles. The van der Waals surface area contributed by atoms with Crippen molar-refractivity contribution in [2.24, 2.45) is 5.92 Å². The Bertz CT molecular complexity index is 367. The lowest BCUT2D eigenvalue weighted by Gasteiger charge is -2.06. The van der Waals surface area contributed by atoms with E-state index in [4.69, 9.17) is 5.11 Å². The van der Waals surface area contributed by atoms with Crippen LogP contribution < -0.4 is 0 Å². The molecule has 0 saturated heterocycles. The van der Waals surface area contributed by atoms with Crippen LogP contribution in [0.2, 0.25) is 0 Å². The summed E-state index contributed by atoms with van der Waals surface area (Å²) < 4.78 is 1.61. The summed E-state index contributed by atoms with van der Waals surface area (Å²) in [6.07, 6.45) is 0.944. The number of carboxylic acids is 1. The molecule has 0 aromatic carbocycles. The quantitative estimate of drug-likeness (QED) is 0.836. The molecule has 1 aromatic rings. The second kappa shape index (κ2) is 5.14. The van der Waals surface area contributed by atoms with E-state index in [1.54, 1.807) is 10.7 Å². The summed E-state index contributed by atoms with van der Waals surface area (Å²) in [5.74, 6) is -0.0881. The van der Waals surface area contributed by atoms with E-state index < -0.39 is 5.97 Å². The van der Waals surface area contributed by atoms with Gasteiger partial charge in [0, 0.05) is 6.54 Å². The van der Waals surface area contributed by atoms with E-state index in [0.29, 0.717) is 18.2 Å². The largest absolute Gasteiger partial charge is 0.477 e. The molecule has 0 amide bonds. The van der Waals surface area contributed by atoms with Crippen molar-refractivity contribution in [3.63, 3.8) is 0 Å². The minimum atomic E-state index is -0.900. The lowest BCUT2D eigenvalue weighted by molar-refractivity contribution is 0.0682. The van der Waals surface area contributed by atoms with Crippen molar-refractivity contribution in [3.05, 3.63) is 17.5 Å². The highest BCUT2D eigenvalue weighted by atomic mass is 16.4. The van der Waals surface area contributed by atoms with Gasteiger partial charge in [-0.25, -0.2) is 4.79 Å². The minimum absolute atomic E-state index is 0.262. The van der Waals surface area contributed by atoms with Crippen LogP contribution in [0.25, 0.3) is 0 Å². The molecular weight excluding hydrogens is 204 g/mol. The number of carboxylic acid groups (broad SMARTS) is 1. The highest BCUT2D eigenvalue weighted by Crippen LogP contribution is 2.15. The Hall–Kier alpha value is -1.32. The zero-order valence-electron chi connectivity index (χ0n) is 10.4. The van der Waals surface area contributed by atoms with E-state index in [1.807, 2.05) is 13.8 Å². The Morgan fingerprint density at radius 3 is 2.50 bits per heavy atom. The monoisotopic (exact) mass is 224 g/mol. The lowest BCUT2D eigenvalue weighted by Crippen LogP contribution is -2.11. The summed E-state index contributed by atoms with van der Waals surface area (Å²) >= 11 is 0. The van der Waals surface area contributed by atoms with Crippen molar-refractivity contribution >= 4 is 5.97 Å². The number of carbonyl (C=O) groups is 1. The number of aromatic nitrogens is 2. The summed E-state index contributed by atoms with van der Waals surface area (Å²) in [6, 6.07) is 1.67. The molecule has 4 nitrogen and oxygen atoms in total. The molecule has 0 fully saturated rings. The van der Waals surface area contributed by atoms with Crippen LogP contribution in [-0.2, 0) is 6.54 Å². The summed E-state index contributed by atoms with van der Waals surface area (Å²) in [6.45, 7) is 8.94. The number of aromatic carboxylic acids is 1. The van der Waals surface area contributed by atoms with Gasteiger partial charge in [0.1, 0.15) is 5.69 Å². The van der Waals surface area contributed by atoms with Gasteiger partial charge in [-0.3, -0.25) is 4.68 Å². The van der Waals surface area contributed by atoms with Crippen molar-refractivity contribution in [2.45, 2.75) is 46.6 Å². The SMILES string of the molecule is CC(C)CCn1nc(C(C)C)cc1C(=O)O. The van der Waals surface area contributed by atoms with E-state index in [0.717, 1.165) is 12.1 Å². The molecule has 0 bridgehead atoms. The number of rotatable bonds is 5. The van der Waals surface area contributed by atoms with Crippen molar-refractivity contribution in [3.8, 4) is 0 Å². The lowest BCUT2D eigenvalue weighted by atomic mass is 10.1. The van der Waals surface area contributed by atoms with Crippen molar-refractivity contribution in [1.82, 2.24) is 9.78 Å². The van der Waals surface area contributed by atoms with E-state index in [-0.39, 0.29) is 5.92 Å². The second-order valence-corrected chi connectivity index (χ2v) is 4.82. The molecule has 4 heteroatoms. The van der Waals surface area contributed by atoms with Crippen LogP contribution in [0.4, 0.5) is 0 Å². The maximum Gasteiger partial charge on any atom is 0.354 e. The summed E-state index contributed by atoms with van der Waals surface area (Å²) in [5.41, 5.74) is 1.14. The topological polar surface area (TPSA) is 55.1 Å². The summed E-state index contributed by atoms with van der Waals surface area (Å²) in [5, 5.41) is 13.4. The molecule has 90 valence electrons. The van der Waals surface area contributed by atoms with Crippen LogP contribution in [0.15, 0.2) is 6.07 Å². The Morgan fingerprint density at radius 2 is 2.06 bits per heavy atom. The predicted molar refractivity (Wildman–Crippen MR) is 62.7 cm³/mol. The van der Waals surface area contributed by atoms with Crippen LogP contribution >= 0.6 is 0 Å². The van der Waals surface area contributed by atoms with Crippen LogP contribution in [0, 0.1) is 5.92 Å². The van der Waals surface area contributed by atoms with Crippen molar-refractivity contribution < 1.29 is 9.90 Å². The Kier molecular flexibility index (Phi) is 4.10. The number of nitrogens with zero attached hydrogens (tertiary/aromatic N) is 2. The van der Waals surface area contributed by atoms with E-state index in [9.17, 15) is 4.79 Å². The van der Waals surface area contributed by atoms with Gasteiger partial charge < -0.3 is 5.11 Å². The molecular formula is C12H20N2O2. The highest BCUT2D eigenvalue weighted by molar-refractivity contribution is 5.85. The molecule has 0 saturated carbocycles. The van der Waals surface area contributed by atoms with Crippen LogP contribution in [0.1, 0.15) is 56.2 Å². The van der Waals surface area contributed by atoms with Gasteiger partial charge in [-0.2, -0.15) is 5.10 Å². The van der Waals surface area contributed by atoms with Crippen LogP contribution in [0.3, 0.4) is 0 Å². The number of hydrogen-bond donors (Lipinski definition) is 1. The molecule has 1 heterocycles. The third-order valence-electron chi connectivity index (χ3n) is 2.53. The molecule has 0 unspecified atom stereocenters.